The Balaban J connectivity index is 1.83. The Morgan fingerprint density at radius 2 is 1.84 bits per heavy atom. The summed E-state index contributed by atoms with van der Waals surface area (Å²) in [5.74, 6) is -0.479. The van der Waals surface area contributed by atoms with Crippen molar-refractivity contribution < 1.29 is 9.59 Å². The first-order valence-electron chi connectivity index (χ1n) is 10.5. The van der Waals surface area contributed by atoms with Crippen LogP contribution in [-0.4, -0.2) is 11.7 Å². The second-order valence-corrected chi connectivity index (χ2v) is 10.2. The SMILES string of the molecule is CC1=C(C(=O)Nc2ccccc2C)C(c2cccc(Br)c2)C2=C(CC(C)(C)CC2=O)N1. The molecule has 5 heteroatoms. The first kappa shape index (κ1) is 21.6. The highest BCUT2D eigenvalue weighted by molar-refractivity contribution is 9.10. The monoisotopic (exact) mass is 478 g/mol. The fraction of sp³-hybridized carbons (Fsp3) is 0.308. The summed E-state index contributed by atoms with van der Waals surface area (Å²) >= 11 is 3.55. The molecule has 1 aliphatic carbocycles. The van der Waals surface area contributed by atoms with Gasteiger partial charge in [-0.25, -0.2) is 0 Å². The Kier molecular flexibility index (Phi) is 5.65. The molecule has 160 valence electrons. The molecule has 31 heavy (non-hydrogen) atoms. The summed E-state index contributed by atoms with van der Waals surface area (Å²) in [7, 11) is 0. The molecule has 1 heterocycles. The maximum Gasteiger partial charge on any atom is 0.254 e. The molecule has 1 aliphatic heterocycles. The third-order valence-electron chi connectivity index (χ3n) is 6.06. The van der Waals surface area contributed by atoms with Crippen LogP contribution in [0.15, 0.2) is 75.5 Å². The Morgan fingerprint density at radius 3 is 2.55 bits per heavy atom. The number of amides is 1. The number of carbonyl (C=O) groups is 2. The molecular formula is C26H27BrN2O2. The molecule has 1 unspecified atom stereocenters. The lowest BCUT2D eigenvalue weighted by Crippen LogP contribution is -2.39. The van der Waals surface area contributed by atoms with E-state index in [1.807, 2.05) is 62.4 Å². The van der Waals surface area contributed by atoms with E-state index in [1.165, 1.54) is 0 Å². The van der Waals surface area contributed by atoms with Crippen LogP contribution in [0.1, 0.15) is 50.7 Å². The smallest absolute Gasteiger partial charge is 0.254 e. The first-order chi connectivity index (χ1) is 14.7. The van der Waals surface area contributed by atoms with Gasteiger partial charge >= 0.3 is 0 Å². The summed E-state index contributed by atoms with van der Waals surface area (Å²) in [5, 5.41) is 6.48. The van der Waals surface area contributed by atoms with E-state index in [2.05, 4.69) is 40.4 Å². The summed E-state index contributed by atoms with van der Waals surface area (Å²) in [6.07, 6.45) is 1.26. The van der Waals surface area contributed by atoms with Crippen molar-refractivity contribution in [2.45, 2.75) is 46.5 Å². The van der Waals surface area contributed by atoms with Crippen LogP contribution in [-0.2, 0) is 9.59 Å². The van der Waals surface area contributed by atoms with Crippen LogP contribution < -0.4 is 10.6 Å². The number of carbonyl (C=O) groups excluding carboxylic acids is 2. The van der Waals surface area contributed by atoms with Crippen molar-refractivity contribution in [1.29, 1.82) is 0 Å². The van der Waals surface area contributed by atoms with E-state index in [-0.39, 0.29) is 17.1 Å². The fourth-order valence-corrected chi connectivity index (χ4v) is 5.08. The van der Waals surface area contributed by atoms with Gasteiger partial charge in [0.15, 0.2) is 5.78 Å². The van der Waals surface area contributed by atoms with Gasteiger partial charge in [0, 0.05) is 45.0 Å². The van der Waals surface area contributed by atoms with Gasteiger partial charge in [0.05, 0.1) is 0 Å². The summed E-state index contributed by atoms with van der Waals surface area (Å²) < 4.78 is 0.922. The van der Waals surface area contributed by atoms with Crippen LogP contribution in [0.25, 0.3) is 0 Å². The molecule has 2 N–H and O–H groups in total. The Hall–Kier alpha value is -2.66. The number of aryl methyl sites for hydroxylation is 1. The number of halogens is 1. The van der Waals surface area contributed by atoms with Crippen LogP contribution in [0.4, 0.5) is 5.69 Å². The Morgan fingerprint density at radius 1 is 1.10 bits per heavy atom. The predicted molar refractivity (Wildman–Crippen MR) is 128 cm³/mol. The predicted octanol–water partition coefficient (Wildman–Crippen LogP) is 6.00. The lowest BCUT2D eigenvalue weighted by molar-refractivity contribution is -0.118. The average molecular weight is 479 g/mol. The molecule has 0 fully saturated rings. The van der Waals surface area contributed by atoms with E-state index in [9.17, 15) is 9.59 Å². The summed E-state index contributed by atoms with van der Waals surface area (Å²) in [5.41, 5.74) is 5.64. The fourth-order valence-electron chi connectivity index (χ4n) is 4.66. The standard InChI is InChI=1S/C26H27BrN2O2/c1-15-8-5-6-11-19(15)29-25(31)22-16(2)28-20-13-26(3,4)14-21(30)24(20)23(22)17-9-7-10-18(27)12-17/h5-12,23,28H,13-14H2,1-4H3,(H,29,31). The Bertz CT molecular complexity index is 1140. The molecule has 2 aromatic carbocycles. The molecule has 2 aliphatic rings. The van der Waals surface area contributed by atoms with Crippen LogP contribution >= 0.6 is 15.9 Å². The molecule has 0 radical (unpaired) electrons. The zero-order valence-electron chi connectivity index (χ0n) is 18.3. The molecule has 0 saturated carbocycles. The Labute approximate surface area is 191 Å². The van der Waals surface area contributed by atoms with Crippen LogP contribution in [0.5, 0.6) is 0 Å². The van der Waals surface area contributed by atoms with Crippen molar-refractivity contribution in [2.24, 2.45) is 5.41 Å². The maximum atomic E-state index is 13.6. The van der Waals surface area contributed by atoms with Gasteiger partial charge in [-0.05, 0) is 55.0 Å². The van der Waals surface area contributed by atoms with Crippen LogP contribution in [0.2, 0.25) is 0 Å². The van der Waals surface area contributed by atoms with Crippen molar-refractivity contribution in [3.8, 4) is 0 Å². The third kappa shape index (κ3) is 4.24. The van der Waals surface area contributed by atoms with Crippen molar-refractivity contribution in [3.05, 3.63) is 86.7 Å². The summed E-state index contributed by atoms with van der Waals surface area (Å²) in [6, 6.07) is 15.6. The van der Waals surface area contributed by atoms with Gasteiger partial charge in [-0.3, -0.25) is 9.59 Å². The zero-order valence-corrected chi connectivity index (χ0v) is 19.9. The van der Waals surface area contributed by atoms with E-state index in [0.29, 0.717) is 12.0 Å². The highest BCUT2D eigenvalue weighted by Gasteiger charge is 2.42. The molecule has 1 atom stereocenters. The number of hydrogen-bond donors (Lipinski definition) is 2. The highest BCUT2D eigenvalue weighted by atomic mass is 79.9. The van der Waals surface area contributed by atoms with Gasteiger partial charge in [-0.2, -0.15) is 0 Å². The molecule has 0 spiro atoms. The molecule has 4 nitrogen and oxygen atoms in total. The molecule has 0 bridgehead atoms. The van der Waals surface area contributed by atoms with Gasteiger partial charge in [-0.1, -0.05) is 60.1 Å². The lowest BCUT2D eigenvalue weighted by Gasteiger charge is -2.39. The lowest BCUT2D eigenvalue weighted by atomic mass is 9.68. The van der Waals surface area contributed by atoms with E-state index in [4.69, 9.17) is 0 Å². The number of Topliss-reactive ketones (excluding diaryl/α,β-unsaturated/α-hetero) is 1. The topological polar surface area (TPSA) is 58.2 Å². The maximum absolute atomic E-state index is 13.6. The molecule has 0 saturated heterocycles. The number of para-hydroxylation sites is 1. The molecule has 2 aromatic rings. The van der Waals surface area contributed by atoms with Crippen molar-refractivity contribution in [1.82, 2.24) is 5.32 Å². The van der Waals surface area contributed by atoms with Crippen molar-refractivity contribution >= 4 is 33.3 Å². The second kappa shape index (κ2) is 8.12. The number of allylic oxidation sites excluding steroid dienone is 3. The normalized spacial score (nSPS) is 20.3. The van der Waals surface area contributed by atoms with Crippen LogP contribution in [0.3, 0.4) is 0 Å². The second-order valence-electron chi connectivity index (χ2n) is 9.25. The number of anilines is 1. The molecule has 0 aromatic heterocycles. The average Bonchev–Trinajstić information content (AvgIpc) is 2.67. The number of ketones is 1. The number of hydrogen-bond acceptors (Lipinski definition) is 3. The molecule has 4 rings (SSSR count). The number of nitrogens with one attached hydrogen (secondary N) is 2. The number of benzene rings is 2. The van der Waals surface area contributed by atoms with E-state index in [1.54, 1.807) is 0 Å². The van der Waals surface area contributed by atoms with E-state index < -0.39 is 5.92 Å². The molecule has 1 amide bonds. The number of dihydropyridines is 1. The quantitative estimate of drug-likeness (QED) is 0.568. The van der Waals surface area contributed by atoms with Gasteiger partial charge < -0.3 is 10.6 Å². The summed E-state index contributed by atoms with van der Waals surface area (Å²) in [6.45, 7) is 8.12. The van der Waals surface area contributed by atoms with Gasteiger partial charge in [0.25, 0.3) is 5.91 Å². The van der Waals surface area contributed by atoms with Gasteiger partial charge in [0.2, 0.25) is 0 Å². The number of rotatable bonds is 3. The zero-order chi connectivity index (χ0) is 22.3. The minimum atomic E-state index is -0.402. The van der Waals surface area contributed by atoms with Crippen molar-refractivity contribution in [3.63, 3.8) is 0 Å². The largest absolute Gasteiger partial charge is 0.362 e. The summed E-state index contributed by atoms with van der Waals surface area (Å²) in [4.78, 5) is 26.9. The molecular weight excluding hydrogens is 452 g/mol. The van der Waals surface area contributed by atoms with Crippen molar-refractivity contribution in [2.75, 3.05) is 5.32 Å². The van der Waals surface area contributed by atoms with E-state index >= 15 is 0 Å². The minimum absolute atomic E-state index is 0.105. The van der Waals surface area contributed by atoms with E-state index in [0.717, 1.165) is 44.7 Å². The minimum Gasteiger partial charge on any atom is -0.362 e. The highest BCUT2D eigenvalue weighted by Crippen LogP contribution is 2.47. The first-order valence-corrected chi connectivity index (χ1v) is 11.3. The van der Waals surface area contributed by atoms with Gasteiger partial charge in [-0.15, -0.1) is 0 Å². The van der Waals surface area contributed by atoms with Crippen LogP contribution in [0, 0.1) is 12.3 Å². The van der Waals surface area contributed by atoms with Gasteiger partial charge in [0.1, 0.15) is 0 Å². The third-order valence-corrected chi connectivity index (χ3v) is 6.55.